The highest BCUT2D eigenvalue weighted by molar-refractivity contribution is 6.06. The van der Waals surface area contributed by atoms with E-state index in [0.29, 0.717) is 42.3 Å². The monoisotopic (exact) mass is 513 g/mol. The zero-order valence-corrected chi connectivity index (χ0v) is 21.5. The topological polar surface area (TPSA) is 112 Å². The van der Waals surface area contributed by atoms with Gasteiger partial charge in [-0.3, -0.25) is 15.0 Å². The van der Waals surface area contributed by atoms with Crippen LogP contribution < -0.4 is 19.1 Å². The number of Topliss-reactive ketones (excluding diaryl/α,β-unsaturated/α-hetero) is 1. The number of ketones is 1. The Morgan fingerprint density at radius 1 is 1.14 bits per heavy atom. The number of nitrogens with zero attached hydrogens (tertiary/aromatic N) is 2. The van der Waals surface area contributed by atoms with Gasteiger partial charge < -0.3 is 29.1 Å². The lowest BCUT2D eigenvalue weighted by molar-refractivity contribution is -0.135. The van der Waals surface area contributed by atoms with Crippen LogP contribution >= 0.6 is 0 Å². The molecular formula is C27H32FN3O6. The molecule has 2 aromatic carbocycles. The molecule has 0 radical (unpaired) electrons. The van der Waals surface area contributed by atoms with Crippen molar-refractivity contribution < 1.29 is 33.3 Å². The fourth-order valence-corrected chi connectivity index (χ4v) is 4.75. The van der Waals surface area contributed by atoms with E-state index in [1.807, 2.05) is 13.8 Å². The van der Waals surface area contributed by atoms with Crippen LogP contribution in [0.5, 0.6) is 17.2 Å². The van der Waals surface area contributed by atoms with E-state index >= 15 is 4.39 Å². The standard InChI is InChI=1S/C27H32FN3O6/c1-5-35-21-11-17-12-31(27(29)23(17)24(28)26(21)36-6-2)13-20(32)16-9-18(15(3)4)25-19(10-16)30(7-8-37-25)14-22(33)34/h9-11,15,29H,5-8,12-14H2,1-4H3,(H,33,34). The quantitative estimate of drug-likeness (QED) is 0.458. The highest BCUT2D eigenvalue weighted by atomic mass is 19.1. The van der Waals surface area contributed by atoms with Crippen molar-refractivity contribution >= 4 is 23.3 Å². The lowest BCUT2D eigenvalue weighted by Gasteiger charge is -2.32. The highest BCUT2D eigenvalue weighted by Gasteiger charge is 2.34. The van der Waals surface area contributed by atoms with Crippen molar-refractivity contribution in [1.82, 2.24) is 4.90 Å². The maximum Gasteiger partial charge on any atom is 0.323 e. The SMILES string of the molecule is CCOc1cc2c(c(F)c1OCC)C(=N)N(CC(=O)c1cc(C(C)C)c3c(c1)N(CC(=O)O)CCO3)C2. The van der Waals surface area contributed by atoms with Gasteiger partial charge in [-0.05, 0) is 49.1 Å². The summed E-state index contributed by atoms with van der Waals surface area (Å²) in [5, 5.41) is 18.0. The van der Waals surface area contributed by atoms with Crippen molar-refractivity contribution in [2.24, 2.45) is 0 Å². The number of carboxylic acid groups (broad SMARTS) is 1. The molecule has 0 aliphatic carbocycles. The van der Waals surface area contributed by atoms with Gasteiger partial charge in [-0.25, -0.2) is 4.39 Å². The molecule has 0 spiro atoms. The number of benzene rings is 2. The summed E-state index contributed by atoms with van der Waals surface area (Å²) in [5.41, 5.74) is 2.42. The predicted octanol–water partition coefficient (Wildman–Crippen LogP) is 4.05. The summed E-state index contributed by atoms with van der Waals surface area (Å²) in [4.78, 5) is 28.1. The average molecular weight is 514 g/mol. The van der Waals surface area contributed by atoms with Gasteiger partial charge in [-0.15, -0.1) is 0 Å². The molecule has 0 fully saturated rings. The molecule has 0 unspecified atom stereocenters. The molecule has 0 atom stereocenters. The van der Waals surface area contributed by atoms with E-state index in [1.54, 1.807) is 36.9 Å². The number of ether oxygens (including phenoxy) is 3. The second kappa shape index (κ2) is 10.7. The first kappa shape index (κ1) is 26.2. The third-order valence-electron chi connectivity index (χ3n) is 6.42. The number of rotatable bonds is 10. The molecule has 0 amide bonds. The van der Waals surface area contributed by atoms with Crippen molar-refractivity contribution in [2.75, 3.05) is 44.4 Å². The summed E-state index contributed by atoms with van der Waals surface area (Å²) in [6, 6.07) is 5.09. The maximum absolute atomic E-state index is 15.4. The minimum Gasteiger partial charge on any atom is -0.490 e. The second-order valence-electron chi connectivity index (χ2n) is 9.28. The smallest absolute Gasteiger partial charge is 0.323 e. The fraction of sp³-hybridized carbons (Fsp3) is 0.444. The average Bonchev–Trinajstić information content (AvgIpc) is 3.15. The van der Waals surface area contributed by atoms with Gasteiger partial charge in [-0.2, -0.15) is 0 Å². The highest BCUT2D eigenvalue weighted by Crippen LogP contribution is 2.41. The maximum atomic E-state index is 15.4. The summed E-state index contributed by atoms with van der Waals surface area (Å²) in [6.45, 7) is 8.64. The number of hydrogen-bond acceptors (Lipinski definition) is 7. The van der Waals surface area contributed by atoms with Crippen LogP contribution in [0.1, 0.15) is 60.7 Å². The van der Waals surface area contributed by atoms with Crippen molar-refractivity contribution in [1.29, 1.82) is 5.41 Å². The van der Waals surface area contributed by atoms with Crippen LogP contribution in [0, 0.1) is 11.2 Å². The number of anilines is 1. The molecule has 2 aromatic rings. The molecule has 2 heterocycles. The summed E-state index contributed by atoms with van der Waals surface area (Å²) in [7, 11) is 0. The number of nitrogens with one attached hydrogen (secondary N) is 1. The number of amidine groups is 1. The Kier molecular flexibility index (Phi) is 7.56. The van der Waals surface area contributed by atoms with Crippen molar-refractivity contribution in [3.8, 4) is 17.2 Å². The molecule has 10 heteroatoms. The number of carbonyl (C=O) groups is 2. The fourth-order valence-electron chi connectivity index (χ4n) is 4.75. The summed E-state index contributed by atoms with van der Waals surface area (Å²) >= 11 is 0. The number of carbonyl (C=O) groups excluding carboxylic acids is 1. The van der Waals surface area contributed by atoms with Crippen LogP contribution in [-0.2, 0) is 11.3 Å². The van der Waals surface area contributed by atoms with Crippen LogP contribution in [-0.4, -0.2) is 67.0 Å². The Labute approximate surface area is 215 Å². The van der Waals surface area contributed by atoms with E-state index in [4.69, 9.17) is 19.6 Å². The van der Waals surface area contributed by atoms with Crippen LogP contribution in [0.2, 0.25) is 0 Å². The van der Waals surface area contributed by atoms with Crippen molar-refractivity contribution in [3.05, 3.63) is 46.3 Å². The molecule has 2 aliphatic rings. The largest absolute Gasteiger partial charge is 0.490 e. The van der Waals surface area contributed by atoms with Crippen LogP contribution in [0.3, 0.4) is 0 Å². The summed E-state index contributed by atoms with van der Waals surface area (Å²) in [5.74, 6) is -1.13. The zero-order chi connectivity index (χ0) is 26.9. The number of hydrogen-bond donors (Lipinski definition) is 2. The second-order valence-corrected chi connectivity index (χ2v) is 9.28. The van der Waals surface area contributed by atoms with Crippen LogP contribution in [0.4, 0.5) is 10.1 Å². The molecule has 0 saturated heterocycles. The van der Waals surface area contributed by atoms with E-state index in [1.165, 1.54) is 4.90 Å². The first-order valence-corrected chi connectivity index (χ1v) is 12.4. The minimum absolute atomic E-state index is 0.0312. The van der Waals surface area contributed by atoms with Gasteiger partial charge in [-0.1, -0.05) is 13.8 Å². The molecule has 0 aromatic heterocycles. The van der Waals surface area contributed by atoms with Gasteiger partial charge in [0, 0.05) is 12.1 Å². The van der Waals surface area contributed by atoms with E-state index in [0.717, 1.165) is 5.56 Å². The Bertz CT molecular complexity index is 1250. The summed E-state index contributed by atoms with van der Waals surface area (Å²) in [6.07, 6.45) is 0. The van der Waals surface area contributed by atoms with Gasteiger partial charge in [0.2, 0.25) is 0 Å². The number of halogens is 1. The molecule has 4 rings (SSSR count). The van der Waals surface area contributed by atoms with E-state index in [9.17, 15) is 14.7 Å². The first-order chi connectivity index (χ1) is 17.7. The van der Waals surface area contributed by atoms with Gasteiger partial charge >= 0.3 is 5.97 Å². The Morgan fingerprint density at radius 2 is 1.86 bits per heavy atom. The van der Waals surface area contributed by atoms with Gasteiger partial charge in [0.15, 0.2) is 23.1 Å². The van der Waals surface area contributed by atoms with Gasteiger partial charge in [0.25, 0.3) is 0 Å². The molecular weight excluding hydrogens is 481 g/mol. The first-order valence-electron chi connectivity index (χ1n) is 12.4. The van der Waals surface area contributed by atoms with E-state index in [2.05, 4.69) is 0 Å². The molecule has 0 bridgehead atoms. The minimum atomic E-state index is -0.973. The Morgan fingerprint density at radius 3 is 2.51 bits per heavy atom. The summed E-state index contributed by atoms with van der Waals surface area (Å²) < 4.78 is 32.3. The molecule has 37 heavy (non-hydrogen) atoms. The number of aliphatic carboxylic acids is 1. The Hall–Kier alpha value is -3.82. The lowest BCUT2D eigenvalue weighted by atomic mass is 9.95. The lowest BCUT2D eigenvalue weighted by Crippen LogP contribution is -2.37. The molecule has 9 nitrogen and oxygen atoms in total. The van der Waals surface area contributed by atoms with Crippen molar-refractivity contribution in [3.63, 3.8) is 0 Å². The molecule has 2 N–H and O–H groups in total. The predicted molar refractivity (Wildman–Crippen MR) is 136 cm³/mol. The molecule has 198 valence electrons. The van der Waals surface area contributed by atoms with Crippen LogP contribution in [0.25, 0.3) is 0 Å². The van der Waals surface area contributed by atoms with E-state index in [-0.39, 0.29) is 60.8 Å². The zero-order valence-electron chi connectivity index (χ0n) is 21.5. The van der Waals surface area contributed by atoms with Crippen molar-refractivity contribution in [2.45, 2.75) is 40.2 Å². The molecule has 0 saturated carbocycles. The number of fused-ring (bicyclic) bond motifs is 2. The van der Waals surface area contributed by atoms with Crippen LogP contribution in [0.15, 0.2) is 18.2 Å². The normalized spacial score (nSPS) is 14.4. The third-order valence-corrected chi connectivity index (χ3v) is 6.42. The third kappa shape index (κ3) is 5.05. The van der Waals surface area contributed by atoms with E-state index < -0.39 is 11.8 Å². The Balaban J connectivity index is 1.64. The van der Waals surface area contributed by atoms with Gasteiger partial charge in [0.05, 0.1) is 37.6 Å². The number of carboxylic acids is 1. The molecule has 2 aliphatic heterocycles. The van der Waals surface area contributed by atoms with Gasteiger partial charge in [0.1, 0.15) is 24.7 Å².